The maximum absolute atomic E-state index is 12.2. The van der Waals surface area contributed by atoms with Crippen LogP contribution in [0, 0.1) is 0 Å². The number of carbonyl (C=O) groups excluding carboxylic acids is 1. The van der Waals surface area contributed by atoms with Crippen LogP contribution in [0.5, 0.6) is 0 Å². The zero-order valence-corrected chi connectivity index (χ0v) is 15.6. The third-order valence-corrected chi connectivity index (χ3v) is 4.04. The van der Waals surface area contributed by atoms with Crippen molar-refractivity contribution in [2.24, 2.45) is 0 Å². The summed E-state index contributed by atoms with van der Waals surface area (Å²) in [6, 6.07) is 2.95. The van der Waals surface area contributed by atoms with Crippen LogP contribution >= 0.6 is 15.9 Å². The highest BCUT2D eigenvalue weighted by molar-refractivity contribution is 9.10. The zero-order valence-electron chi connectivity index (χ0n) is 14.0. The summed E-state index contributed by atoms with van der Waals surface area (Å²) in [5, 5.41) is 9.53. The first-order valence-electron chi connectivity index (χ1n) is 7.71. The number of aromatic nitrogens is 1. The fourth-order valence-corrected chi connectivity index (χ4v) is 2.92. The van der Waals surface area contributed by atoms with E-state index in [0.717, 1.165) is 5.56 Å². The topological polar surface area (TPSA) is 83.0 Å². The molecule has 1 atom stereocenters. The number of piperazine rings is 1. The molecule has 1 amide bonds. The number of pyridine rings is 1. The lowest BCUT2D eigenvalue weighted by molar-refractivity contribution is -0.145. The van der Waals surface area contributed by atoms with Crippen molar-refractivity contribution in [1.82, 2.24) is 14.8 Å². The Morgan fingerprint density at radius 2 is 2.12 bits per heavy atom. The number of ether oxygens (including phenoxy) is 1. The second kappa shape index (κ2) is 7.48. The minimum absolute atomic E-state index is 0.108. The molecule has 1 aromatic rings. The molecule has 1 saturated heterocycles. The van der Waals surface area contributed by atoms with Gasteiger partial charge in [-0.15, -0.1) is 0 Å². The molecule has 24 heavy (non-hydrogen) atoms. The number of carboxylic acids is 1. The summed E-state index contributed by atoms with van der Waals surface area (Å²) in [5.41, 5.74) is 0.366. The molecule has 0 spiro atoms. The summed E-state index contributed by atoms with van der Waals surface area (Å²) in [6.45, 7) is 6.86. The van der Waals surface area contributed by atoms with E-state index < -0.39 is 23.7 Å². The third kappa shape index (κ3) is 5.17. The maximum atomic E-state index is 12.2. The van der Waals surface area contributed by atoms with Gasteiger partial charge in [-0.1, -0.05) is 0 Å². The highest BCUT2D eigenvalue weighted by atomic mass is 79.9. The van der Waals surface area contributed by atoms with E-state index in [4.69, 9.17) is 4.74 Å². The minimum atomic E-state index is -0.948. The lowest BCUT2D eigenvalue weighted by atomic mass is 10.1. The number of nitrogens with zero attached hydrogens (tertiary/aromatic N) is 3. The Morgan fingerprint density at radius 1 is 1.42 bits per heavy atom. The van der Waals surface area contributed by atoms with Crippen molar-refractivity contribution in [2.75, 3.05) is 19.6 Å². The standard InChI is InChI=1S/C16H22BrN3O4/c1-16(2,3)24-15(23)20-7-6-19(12(10-20)14(21)22)9-11-4-5-18-13(17)8-11/h4-5,8,12H,6-7,9-10H2,1-3H3,(H,21,22)/t12-/m1/s1. The Labute approximate surface area is 149 Å². The van der Waals surface area contributed by atoms with Gasteiger partial charge in [-0.3, -0.25) is 9.69 Å². The average molecular weight is 400 g/mol. The fraction of sp³-hybridized carbons (Fsp3) is 0.562. The molecule has 1 aromatic heterocycles. The summed E-state index contributed by atoms with van der Waals surface area (Å²) < 4.78 is 6.04. The van der Waals surface area contributed by atoms with Crippen LogP contribution in [-0.2, 0) is 16.1 Å². The molecule has 1 aliphatic heterocycles. The molecule has 1 aliphatic rings. The lowest BCUT2D eigenvalue weighted by Crippen LogP contribution is -2.57. The number of amides is 1. The van der Waals surface area contributed by atoms with Crippen LogP contribution in [0.15, 0.2) is 22.9 Å². The summed E-state index contributed by atoms with van der Waals surface area (Å²) in [7, 11) is 0. The quantitative estimate of drug-likeness (QED) is 0.785. The molecule has 132 valence electrons. The average Bonchev–Trinajstić information content (AvgIpc) is 2.45. The van der Waals surface area contributed by atoms with Crippen molar-refractivity contribution < 1.29 is 19.4 Å². The van der Waals surface area contributed by atoms with Crippen molar-refractivity contribution in [3.63, 3.8) is 0 Å². The van der Waals surface area contributed by atoms with E-state index >= 15 is 0 Å². The molecule has 0 aromatic carbocycles. The second-order valence-electron chi connectivity index (χ2n) is 6.74. The van der Waals surface area contributed by atoms with E-state index in [1.54, 1.807) is 27.0 Å². The first kappa shape index (κ1) is 18.7. The zero-order chi connectivity index (χ0) is 17.9. The molecule has 0 unspecified atom stereocenters. The van der Waals surface area contributed by atoms with Crippen molar-refractivity contribution in [3.8, 4) is 0 Å². The van der Waals surface area contributed by atoms with Gasteiger partial charge in [-0.05, 0) is 54.4 Å². The van der Waals surface area contributed by atoms with Gasteiger partial charge in [0.2, 0.25) is 0 Å². The van der Waals surface area contributed by atoms with E-state index in [-0.39, 0.29) is 6.54 Å². The smallest absolute Gasteiger partial charge is 0.410 e. The molecule has 0 saturated carbocycles. The molecule has 0 bridgehead atoms. The van der Waals surface area contributed by atoms with Crippen LogP contribution in [0.2, 0.25) is 0 Å². The molecule has 0 radical (unpaired) electrons. The highest BCUT2D eigenvalue weighted by Gasteiger charge is 2.35. The first-order valence-corrected chi connectivity index (χ1v) is 8.50. The van der Waals surface area contributed by atoms with Gasteiger partial charge >= 0.3 is 12.1 Å². The summed E-state index contributed by atoms with van der Waals surface area (Å²) in [4.78, 5) is 31.2. The number of hydrogen-bond donors (Lipinski definition) is 1. The number of carboxylic acid groups (broad SMARTS) is 1. The Bertz CT molecular complexity index is 618. The monoisotopic (exact) mass is 399 g/mol. The molecular formula is C16H22BrN3O4. The molecular weight excluding hydrogens is 378 g/mol. The van der Waals surface area contributed by atoms with Gasteiger partial charge in [0.15, 0.2) is 0 Å². The minimum Gasteiger partial charge on any atom is -0.480 e. The number of rotatable bonds is 3. The van der Waals surface area contributed by atoms with E-state index in [9.17, 15) is 14.7 Å². The Kier molecular flexibility index (Phi) is 5.82. The van der Waals surface area contributed by atoms with E-state index in [1.165, 1.54) is 4.90 Å². The predicted molar refractivity (Wildman–Crippen MR) is 91.6 cm³/mol. The van der Waals surface area contributed by atoms with Crippen LogP contribution in [0.1, 0.15) is 26.3 Å². The lowest BCUT2D eigenvalue weighted by Gasteiger charge is -2.39. The molecule has 7 nitrogen and oxygen atoms in total. The van der Waals surface area contributed by atoms with Crippen LogP contribution in [0.3, 0.4) is 0 Å². The SMILES string of the molecule is CC(C)(C)OC(=O)N1CCN(Cc2ccnc(Br)c2)[C@@H](C(=O)O)C1. The summed E-state index contributed by atoms with van der Waals surface area (Å²) in [5.74, 6) is -0.948. The van der Waals surface area contributed by atoms with Crippen LogP contribution < -0.4 is 0 Å². The van der Waals surface area contributed by atoms with Crippen LogP contribution in [-0.4, -0.2) is 63.2 Å². The van der Waals surface area contributed by atoms with E-state index in [0.29, 0.717) is 24.2 Å². The van der Waals surface area contributed by atoms with Crippen molar-refractivity contribution in [3.05, 3.63) is 28.5 Å². The molecule has 0 aliphatic carbocycles. The largest absolute Gasteiger partial charge is 0.480 e. The van der Waals surface area contributed by atoms with Crippen molar-refractivity contribution in [2.45, 2.75) is 39.0 Å². The molecule has 2 heterocycles. The van der Waals surface area contributed by atoms with Gasteiger partial charge in [0, 0.05) is 25.8 Å². The van der Waals surface area contributed by atoms with Gasteiger partial charge < -0.3 is 14.7 Å². The fourth-order valence-electron chi connectivity index (χ4n) is 2.51. The Balaban J connectivity index is 2.05. The molecule has 8 heteroatoms. The van der Waals surface area contributed by atoms with Crippen molar-refractivity contribution in [1.29, 1.82) is 0 Å². The number of halogens is 1. The van der Waals surface area contributed by atoms with E-state index in [2.05, 4.69) is 20.9 Å². The van der Waals surface area contributed by atoms with Gasteiger partial charge in [0.1, 0.15) is 16.2 Å². The molecule has 1 N–H and O–H groups in total. The second-order valence-corrected chi connectivity index (χ2v) is 7.55. The number of hydrogen-bond acceptors (Lipinski definition) is 5. The molecule has 1 fully saturated rings. The summed E-state index contributed by atoms with van der Waals surface area (Å²) >= 11 is 3.31. The Hall–Kier alpha value is -1.67. The van der Waals surface area contributed by atoms with Crippen LogP contribution in [0.25, 0.3) is 0 Å². The van der Waals surface area contributed by atoms with Gasteiger partial charge in [-0.25, -0.2) is 9.78 Å². The maximum Gasteiger partial charge on any atom is 0.410 e. The van der Waals surface area contributed by atoms with E-state index in [1.807, 2.05) is 17.0 Å². The number of carbonyl (C=O) groups is 2. The van der Waals surface area contributed by atoms with Crippen LogP contribution in [0.4, 0.5) is 4.79 Å². The first-order chi connectivity index (χ1) is 11.2. The van der Waals surface area contributed by atoms with Crippen molar-refractivity contribution >= 4 is 28.0 Å². The predicted octanol–water partition coefficient (Wildman–Crippen LogP) is 2.35. The summed E-state index contributed by atoms with van der Waals surface area (Å²) in [6.07, 6.45) is 1.20. The van der Waals surface area contributed by atoms with Gasteiger partial charge in [0.25, 0.3) is 0 Å². The Morgan fingerprint density at radius 3 is 2.71 bits per heavy atom. The van der Waals surface area contributed by atoms with Gasteiger partial charge in [0.05, 0.1) is 6.54 Å². The number of aliphatic carboxylic acids is 1. The molecule has 2 rings (SSSR count). The normalized spacial score (nSPS) is 19.2. The third-order valence-electron chi connectivity index (χ3n) is 3.60. The van der Waals surface area contributed by atoms with Gasteiger partial charge in [-0.2, -0.15) is 0 Å². The highest BCUT2D eigenvalue weighted by Crippen LogP contribution is 2.18.